The van der Waals surface area contributed by atoms with Crippen LogP contribution in [0.25, 0.3) is 0 Å². The quantitative estimate of drug-likeness (QED) is 0.461. The first-order valence-electron chi connectivity index (χ1n) is 8.18. The number of halogens is 2. The molecule has 0 amide bonds. The standard InChI is InChI=1S/C5H5.3C4H8O.2ClH.Eu/c4*1-2-4-5-3-1;;;/h1-5H;3*1-4H2;2*1H;/q;;;;;;+2/p-2. The average Bonchev–Trinajstić information content (AvgIpc) is 3.47. The summed E-state index contributed by atoms with van der Waals surface area (Å²) in [6.45, 7) is 6.00. The van der Waals surface area contributed by atoms with Crippen LogP contribution in [0.4, 0.5) is 0 Å². The molecule has 136 valence electrons. The zero-order valence-corrected chi connectivity index (χ0v) is 17.7. The number of rotatable bonds is 0. The van der Waals surface area contributed by atoms with Gasteiger partial charge in [-0.2, -0.15) is 0 Å². The molecule has 3 heterocycles. The monoisotopic (exact) mass is 504 g/mol. The van der Waals surface area contributed by atoms with E-state index >= 15 is 0 Å². The fraction of sp³-hybridized carbons (Fsp3) is 0.706. The normalized spacial score (nSPS) is 20.3. The van der Waals surface area contributed by atoms with Gasteiger partial charge >= 0.3 is 49.4 Å². The van der Waals surface area contributed by atoms with Crippen molar-refractivity contribution in [3.63, 3.8) is 0 Å². The van der Waals surface area contributed by atoms with Crippen LogP contribution in [0.3, 0.4) is 0 Å². The predicted molar refractivity (Wildman–Crippen MR) is 94.4 cm³/mol. The molecule has 0 spiro atoms. The van der Waals surface area contributed by atoms with E-state index in [-0.39, 0.29) is 0 Å². The molecule has 0 N–H and O–H groups in total. The first-order chi connectivity index (χ1) is 11.4. The van der Waals surface area contributed by atoms with Crippen molar-refractivity contribution in [1.29, 1.82) is 0 Å². The van der Waals surface area contributed by atoms with Crippen LogP contribution >= 0.6 is 8.31 Å². The Labute approximate surface area is 170 Å². The van der Waals surface area contributed by atoms with Gasteiger partial charge in [0.25, 0.3) is 0 Å². The molecule has 23 heavy (non-hydrogen) atoms. The SMILES string of the molecule is C1CCOC1.C1CCOC1.C1CCOC1.[CH]1C=CC=C1.[Cl][Eu][Cl]. The van der Waals surface area contributed by atoms with Crippen LogP contribution in [-0.2, 0) is 14.2 Å². The predicted octanol–water partition coefficient (Wildman–Crippen LogP) is 5.09. The summed E-state index contributed by atoms with van der Waals surface area (Å²) in [5, 5.41) is 0. The van der Waals surface area contributed by atoms with E-state index in [1.165, 1.54) is 38.5 Å². The Bertz CT molecular complexity index is 208. The van der Waals surface area contributed by atoms with Gasteiger partial charge in [0, 0.05) is 46.1 Å². The summed E-state index contributed by atoms with van der Waals surface area (Å²) in [5.41, 5.74) is 0. The van der Waals surface area contributed by atoms with E-state index in [0.717, 1.165) is 39.6 Å². The van der Waals surface area contributed by atoms with E-state index in [4.69, 9.17) is 22.5 Å². The third kappa shape index (κ3) is 23.5. The first-order valence-corrected chi connectivity index (χ1v) is 14.3. The van der Waals surface area contributed by atoms with Gasteiger partial charge in [0.05, 0.1) is 0 Å². The maximum absolute atomic E-state index is 4.94. The van der Waals surface area contributed by atoms with Crippen molar-refractivity contribution >= 4 is 8.31 Å². The van der Waals surface area contributed by atoms with Crippen molar-refractivity contribution in [2.45, 2.75) is 38.5 Å². The van der Waals surface area contributed by atoms with Crippen molar-refractivity contribution in [2.24, 2.45) is 0 Å². The molecule has 0 atom stereocenters. The van der Waals surface area contributed by atoms with Crippen LogP contribution in [0.1, 0.15) is 38.5 Å². The van der Waals surface area contributed by atoms with E-state index in [9.17, 15) is 0 Å². The van der Waals surface area contributed by atoms with Gasteiger partial charge in [0.2, 0.25) is 0 Å². The molecule has 1 radical (unpaired) electrons. The fourth-order valence-electron chi connectivity index (χ4n) is 1.85. The third-order valence-electron chi connectivity index (χ3n) is 3.04. The van der Waals surface area contributed by atoms with E-state index in [1.54, 1.807) is 0 Å². The molecular formula is C17H29Cl2EuO3. The molecule has 4 aliphatic rings. The first kappa shape index (κ1) is 24.5. The van der Waals surface area contributed by atoms with Crippen LogP contribution in [0.15, 0.2) is 24.3 Å². The molecule has 3 fully saturated rings. The van der Waals surface area contributed by atoms with Crippen molar-refractivity contribution in [2.75, 3.05) is 39.6 Å². The second-order valence-corrected chi connectivity index (χ2v) is 8.52. The van der Waals surface area contributed by atoms with Crippen molar-refractivity contribution in [1.82, 2.24) is 0 Å². The second kappa shape index (κ2) is 23.5. The van der Waals surface area contributed by atoms with E-state index in [1.807, 2.05) is 30.7 Å². The van der Waals surface area contributed by atoms with Crippen molar-refractivity contribution in [3.05, 3.63) is 30.7 Å². The van der Waals surface area contributed by atoms with Crippen molar-refractivity contribution in [3.8, 4) is 0 Å². The zero-order chi connectivity index (χ0) is 16.8. The van der Waals surface area contributed by atoms with Gasteiger partial charge in [-0.05, 0) is 38.5 Å². The minimum absolute atomic E-state index is 0.722. The molecule has 4 rings (SSSR count). The van der Waals surface area contributed by atoms with Crippen LogP contribution in [0.5, 0.6) is 0 Å². The van der Waals surface area contributed by atoms with Gasteiger partial charge in [-0.25, -0.2) is 0 Å². The number of ether oxygens (including phenoxy) is 3. The van der Waals surface area contributed by atoms with Crippen LogP contribution in [0, 0.1) is 47.5 Å². The van der Waals surface area contributed by atoms with Gasteiger partial charge in [-0.3, -0.25) is 0 Å². The average molecular weight is 504 g/mol. The second-order valence-electron chi connectivity index (χ2n) is 4.97. The molecule has 3 nitrogen and oxygen atoms in total. The fourth-order valence-corrected chi connectivity index (χ4v) is 1.85. The maximum atomic E-state index is 4.94. The van der Waals surface area contributed by atoms with Gasteiger partial charge in [-0.15, -0.1) is 0 Å². The molecule has 0 saturated carbocycles. The molecule has 0 aromatic heterocycles. The molecule has 3 saturated heterocycles. The van der Waals surface area contributed by atoms with Gasteiger partial charge in [0.15, 0.2) is 0 Å². The topological polar surface area (TPSA) is 27.7 Å². The van der Waals surface area contributed by atoms with E-state index in [0.29, 0.717) is 0 Å². The van der Waals surface area contributed by atoms with E-state index < -0.39 is 41.1 Å². The zero-order valence-electron chi connectivity index (χ0n) is 13.7. The Morgan fingerprint density at radius 1 is 0.522 bits per heavy atom. The number of hydrogen-bond acceptors (Lipinski definition) is 3. The molecule has 0 aromatic rings. The molecule has 3 aliphatic heterocycles. The van der Waals surface area contributed by atoms with Gasteiger partial charge < -0.3 is 14.2 Å². The molecule has 0 aromatic carbocycles. The minimum atomic E-state index is -0.722. The number of allylic oxidation sites excluding steroid dienone is 4. The van der Waals surface area contributed by atoms with Crippen LogP contribution in [-0.4, -0.2) is 39.6 Å². The summed E-state index contributed by atoms with van der Waals surface area (Å²) in [5.74, 6) is 0. The summed E-state index contributed by atoms with van der Waals surface area (Å²) in [4.78, 5) is 0. The number of hydrogen-bond donors (Lipinski definition) is 0. The molecular weight excluding hydrogens is 475 g/mol. The Morgan fingerprint density at radius 2 is 0.783 bits per heavy atom. The summed E-state index contributed by atoms with van der Waals surface area (Å²) >= 11 is -0.722. The molecule has 0 unspecified atom stereocenters. The molecule has 6 heteroatoms. The van der Waals surface area contributed by atoms with Gasteiger partial charge in [0.1, 0.15) is 0 Å². The molecule has 1 aliphatic carbocycles. The summed E-state index contributed by atoms with van der Waals surface area (Å²) in [6.07, 6.45) is 17.7. The Kier molecular flexibility index (Phi) is 25.1. The van der Waals surface area contributed by atoms with E-state index in [2.05, 4.69) is 0 Å². The van der Waals surface area contributed by atoms with Crippen molar-refractivity contribution < 1.29 is 55.3 Å². The third-order valence-corrected chi connectivity index (χ3v) is 3.04. The summed E-state index contributed by atoms with van der Waals surface area (Å²) in [7, 11) is 0. The Morgan fingerprint density at radius 3 is 0.870 bits per heavy atom. The van der Waals surface area contributed by atoms with Crippen LogP contribution < -0.4 is 0 Å². The molecule has 0 bridgehead atoms. The van der Waals surface area contributed by atoms with Crippen LogP contribution in [0.2, 0.25) is 0 Å². The Balaban J connectivity index is 0.000000266. The van der Waals surface area contributed by atoms with Gasteiger partial charge in [-0.1, -0.05) is 24.3 Å². The summed E-state index contributed by atoms with van der Waals surface area (Å²) < 4.78 is 24.7. The summed E-state index contributed by atoms with van der Waals surface area (Å²) in [6, 6.07) is 0. The Hall–Kier alpha value is 1.52.